The van der Waals surface area contributed by atoms with Crippen molar-refractivity contribution in [2.45, 2.75) is 50.5 Å². The summed E-state index contributed by atoms with van der Waals surface area (Å²) >= 11 is 0. The van der Waals surface area contributed by atoms with Crippen LogP contribution in [0.5, 0.6) is 5.75 Å². The predicted octanol–water partition coefficient (Wildman–Crippen LogP) is 5.29. The first kappa shape index (κ1) is 27.2. The van der Waals surface area contributed by atoms with Crippen LogP contribution >= 0.6 is 0 Å². The van der Waals surface area contributed by atoms with Gasteiger partial charge >= 0.3 is 0 Å². The van der Waals surface area contributed by atoms with Crippen molar-refractivity contribution in [2.24, 2.45) is 0 Å². The number of hydrogen-bond donors (Lipinski definition) is 1. The number of anilines is 1. The number of hydrogen-bond acceptors (Lipinski definition) is 4. The summed E-state index contributed by atoms with van der Waals surface area (Å²) in [4.78, 5) is 13.0. The minimum absolute atomic E-state index is 0.00124. The van der Waals surface area contributed by atoms with Gasteiger partial charge in [0.2, 0.25) is 5.91 Å². The number of sulfonamides is 1. The van der Waals surface area contributed by atoms with Crippen LogP contribution in [0.25, 0.3) is 0 Å². The minimum Gasteiger partial charge on any atom is -0.494 e. The molecule has 0 saturated heterocycles. The van der Waals surface area contributed by atoms with Gasteiger partial charge in [-0.3, -0.25) is 9.10 Å². The largest absolute Gasteiger partial charge is 0.494 e. The van der Waals surface area contributed by atoms with Gasteiger partial charge in [0.1, 0.15) is 18.1 Å². The summed E-state index contributed by atoms with van der Waals surface area (Å²) in [5.41, 5.74) is 1.15. The van der Waals surface area contributed by atoms with Gasteiger partial charge in [-0.25, -0.2) is 12.8 Å². The molecule has 3 aromatic rings. The molecule has 0 radical (unpaired) electrons. The number of carbonyl (C=O) groups is 1. The number of nitrogens with one attached hydrogen (secondary N) is 1. The third kappa shape index (κ3) is 6.85. The van der Waals surface area contributed by atoms with Crippen LogP contribution in [0.3, 0.4) is 0 Å². The van der Waals surface area contributed by atoms with Gasteiger partial charge in [0.05, 0.1) is 17.2 Å². The first-order valence-corrected chi connectivity index (χ1v) is 13.3. The van der Waals surface area contributed by atoms with E-state index in [-0.39, 0.29) is 22.0 Å². The second-order valence-electron chi connectivity index (χ2n) is 9.32. The fourth-order valence-corrected chi connectivity index (χ4v) is 5.62. The van der Waals surface area contributed by atoms with Gasteiger partial charge in [0.25, 0.3) is 10.0 Å². The first-order chi connectivity index (χ1) is 17.0. The molecule has 0 aliphatic heterocycles. The predicted molar refractivity (Wildman–Crippen MR) is 140 cm³/mol. The lowest BCUT2D eigenvalue weighted by molar-refractivity contribution is -0.120. The first-order valence-electron chi connectivity index (χ1n) is 11.9. The molecule has 1 unspecified atom stereocenters. The van der Waals surface area contributed by atoms with Crippen molar-refractivity contribution in [1.29, 1.82) is 0 Å². The summed E-state index contributed by atoms with van der Waals surface area (Å²) in [6.45, 7) is 7.94. The Hall–Kier alpha value is -3.39. The van der Waals surface area contributed by atoms with Gasteiger partial charge in [-0.2, -0.15) is 0 Å². The lowest BCUT2D eigenvalue weighted by Gasteiger charge is -2.30. The Labute approximate surface area is 213 Å². The smallest absolute Gasteiger partial charge is 0.264 e. The summed E-state index contributed by atoms with van der Waals surface area (Å²) in [6, 6.07) is 20.8. The molecule has 3 aromatic carbocycles. The van der Waals surface area contributed by atoms with E-state index >= 15 is 0 Å². The molecule has 1 amide bonds. The van der Waals surface area contributed by atoms with Gasteiger partial charge in [0.15, 0.2) is 0 Å². The van der Waals surface area contributed by atoms with E-state index in [4.69, 9.17) is 4.74 Å². The highest BCUT2D eigenvalue weighted by molar-refractivity contribution is 7.92. The molecule has 3 rings (SSSR count). The van der Waals surface area contributed by atoms with Crippen LogP contribution in [0, 0.1) is 5.82 Å². The Balaban J connectivity index is 1.80. The molecule has 0 heterocycles. The highest BCUT2D eigenvalue weighted by atomic mass is 32.2. The maximum atomic E-state index is 13.6. The fraction of sp³-hybridized carbons (Fsp3) is 0.321. The maximum absolute atomic E-state index is 13.6. The highest BCUT2D eigenvalue weighted by Crippen LogP contribution is 2.29. The molecular formula is C28H33FN2O4S. The van der Waals surface area contributed by atoms with Crippen molar-refractivity contribution in [3.05, 3.63) is 90.2 Å². The molecule has 1 atom stereocenters. The van der Waals surface area contributed by atoms with E-state index in [1.807, 2.05) is 44.2 Å². The Kier molecular flexibility index (Phi) is 8.74. The van der Waals surface area contributed by atoms with Crippen molar-refractivity contribution in [2.75, 3.05) is 17.5 Å². The number of amides is 1. The van der Waals surface area contributed by atoms with Crippen LogP contribution < -0.4 is 14.4 Å². The molecule has 0 spiro atoms. The summed E-state index contributed by atoms with van der Waals surface area (Å²) in [5, 5.41) is 2.93. The van der Waals surface area contributed by atoms with E-state index in [0.29, 0.717) is 18.8 Å². The Morgan fingerprint density at radius 3 is 2.19 bits per heavy atom. The van der Waals surface area contributed by atoms with Crippen LogP contribution in [0.2, 0.25) is 0 Å². The molecule has 0 bridgehead atoms. The topological polar surface area (TPSA) is 75.7 Å². The van der Waals surface area contributed by atoms with E-state index in [1.54, 1.807) is 12.1 Å². The van der Waals surface area contributed by atoms with Gasteiger partial charge in [-0.05, 0) is 79.8 Å². The molecule has 6 nitrogen and oxygen atoms in total. The lowest BCUT2D eigenvalue weighted by Crippen LogP contribution is -2.45. The Morgan fingerprint density at radius 1 is 1.00 bits per heavy atom. The van der Waals surface area contributed by atoms with Gasteiger partial charge < -0.3 is 10.1 Å². The molecule has 0 saturated carbocycles. The van der Waals surface area contributed by atoms with Crippen molar-refractivity contribution >= 4 is 21.6 Å². The second-order valence-corrected chi connectivity index (χ2v) is 11.2. The van der Waals surface area contributed by atoms with E-state index in [9.17, 15) is 17.6 Å². The second kappa shape index (κ2) is 11.6. The maximum Gasteiger partial charge on any atom is 0.264 e. The summed E-state index contributed by atoms with van der Waals surface area (Å²) in [7, 11) is -4.11. The zero-order valence-corrected chi connectivity index (χ0v) is 21.9. The fourth-order valence-electron chi connectivity index (χ4n) is 4.20. The van der Waals surface area contributed by atoms with E-state index < -0.39 is 28.3 Å². The number of ether oxygens (including phenoxy) is 1. The number of benzene rings is 3. The molecule has 1 N–H and O–H groups in total. The number of rotatable bonds is 11. The van der Waals surface area contributed by atoms with Gasteiger partial charge in [-0.1, -0.05) is 44.2 Å². The zero-order chi connectivity index (χ0) is 26.3. The molecule has 0 aromatic heterocycles. The van der Waals surface area contributed by atoms with Crippen molar-refractivity contribution in [3.63, 3.8) is 0 Å². The number of nitrogens with zero attached hydrogens (tertiary/aromatic N) is 1. The molecule has 0 fully saturated rings. The molecule has 8 heteroatoms. The third-order valence-electron chi connectivity index (χ3n) is 5.90. The van der Waals surface area contributed by atoms with Crippen LogP contribution in [-0.2, 0) is 20.2 Å². The van der Waals surface area contributed by atoms with Crippen molar-refractivity contribution < 1.29 is 22.3 Å². The summed E-state index contributed by atoms with van der Waals surface area (Å²) < 4.78 is 47.0. The monoisotopic (exact) mass is 512 g/mol. The van der Waals surface area contributed by atoms with Crippen molar-refractivity contribution in [3.8, 4) is 5.75 Å². The Morgan fingerprint density at radius 2 is 1.61 bits per heavy atom. The molecule has 0 aliphatic rings. The van der Waals surface area contributed by atoms with E-state index in [1.165, 1.54) is 36.4 Å². The molecular weight excluding hydrogens is 479 g/mol. The molecule has 36 heavy (non-hydrogen) atoms. The lowest BCUT2D eigenvalue weighted by atomic mass is 9.79. The summed E-state index contributed by atoms with van der Waals surface area (Å²) in [5.74, 6) is -0.416. The van der Waals surface area contributed by atoms with Crippen LogP contribution in [0.4, 0.5) is 10.1 Å². The van der Waals surface area contributed by atoms with Crippen LogP contribution in [0.15, 0.2) is 83.8 Å². The number of carbonyl (C=O) groups excluding carboxylic acids is 1. The zero-order valence-electron chi connectivity index (χ0n) is 21.1. The minimum atomic E-state index is -4.11. The standard InChI is InChI=1S/C28H33FN2O4S/c1-5-35-25-15-17-26(18-16-25)36(33,34)31(24-13-11-23(29)12-14-24)20-27(32)30-21(2)19-28(3,4)22-9-7-6-8-10-22/h6-18,21H,5,19-20H2,1-4H3,(H,30,32). The normalized spacial score (nSPS) is 12.6. The third-order valence-corrected chi connectivity index (χ3v) is 7.69. The van der Waals surface area contributed by atoms with Crippen molar-refractivity contribution in [1.82, 2.24) is 5.32 Å². The van der Waals surface area contributed by atoms with Crippen LogP contribution in [0.1, 0.15) is 39.7 Å². The average molecular weight is 513 g/mol. The number of halogens is 1. The molecule has 192 valence electrons. The highest BCUT2D eigenvalue weighted by Gasteiger charge is 2.29. The Bertz CT molecular complexity index is 1240. The SMILES string of the molecule is CCOc1ccc(S(=O)(=O)N(CC(=O)NC(C)CC(C)(C)c2ccccc2)c2ccc(F)cc2)cc1. The van der Waals surface area contributed by atoms with Gasteiger partial charge in [0, 0.05) is 6.04 Å². The van der Waals surface area contributed by atoms with Crippen LogP contribution in [-0.4, -0.2) is 33.5 Å². The van der Waals surface area contributed by atoms with Gasteiger partial charge in [-0.15, -0.1) is 0 Å². The van der Waals surface area contributed by atoms with E-state index in [2.05, 4.69) is 19.2 Å². The quantitative estimate of drug-likeness (QED) is 0.379. The molecule has 0 aliphatic carbocycles. The summed E-state index contributed by atoms with van der Waals surface area (Å²) in [6.07, 6.45) is 0.658. The van der Waals surface area contributed by atoms with E-state index in [0.717, 1.165) is 9.87 Å². The average Bonchev–Trinajstić information content (AvgIpc) is 2.84.